The molecule has 1 heterocycles. The van der Waals surface area contributed by atoms with Crippen LogP contribution in [0.1, 0.15) is 5.56 Å². The van der Waals surface area contributed by atoms with Crippen LogP contribution in [0.3, 0.4) is 0 Å². The third-order valence-corrected chi connectivity index (χ3v) is 2.69. The first-order valence-electron chi connectivity index (χ1n) is 5.95. The molecule has 4 heteroatoms. The lowest BCUT2D eigenvalue weighted by Crippen LogP contribution is -2.18. The Kier molecular flexibility index (Phi) is 2.90. The van der Waals surface area contributed by atoms with Crippen molar-refractivity contribution in [2.45, 2.75) is 0 Å². The maximum Gasteiger partial charge on any atom is 0.197 e. The Morgan fingerprint density at radius 3 is 2.11 bits per heavy atom. The van der Waals surface area contributed by atoms with Crippen molar-refractivity contribution < 1.29 is 0 Å². The molecule has 0 saturated heterocycles. The van der Waals surface area contributed by atoms with E-state index in [4.69, 9.17) is 5.73 Å². The first kappa shape index (κ1) is 11.3. The molecule has 3 rings (SSSR count). The molecule has 2 aromatic rings. The number of para-hydroxylation sites is 1. The molecule has 0 bridgehead atoms. The highest BCUT2D eigenvalue weighted by atomic mass is 15.5. The van der Waals surface area contributed by atoms with Crippen molar-refractivity contribution in [3.8, 4) is 0 Å². The average molecular weight is 249 g/mol. The maximum atomic E-state index is 5.86. The summed E-state index contributed by atoms with van der Waals surface area (Å²) in [6.07, 6.45) is 0. The quantitative estimate of drug-likeness (QED) is 0.817. The van der Waals surface area contributed by atoms with Crippen molar-refractivity contribution in [1.29, 1.82) is 0 Å². The zero-order valence-corrected chi connectivity index (χ0v) is 10.2. The van der Waals surface area contributed by atoms with Crippen LogP contribution in [0.2, 0.25) is 0 Å². The monoisotopic (exact) mass is 249 g/mol. The standard InChI is InChI=1S/C15H12N4/c16-13-15(17-12-9-5-2-6-10-12)19-14(18-13)11-7-3-1-4-8-11/h1-10H,(H2,16,17,18,19)/i17+1. The van der Waals surface area contributed by atoms with Crippen LogP contribution in [0.5, 0.6) is 0 Å². The second-order valence-electron chi connectivity index (χ2n) is 4.07. The zero-order chi connectivity index (χ0) is 13.1. The van der Waals surface area contributed by atoms with Gasteiger partial charge in [-0.15, -0.1) is 0 Å². The van der Waals surface area contributed by atoms with Gasteiger partial charge in [0.2, 0.25) is 0 Å². The van der Waals surface area contributed by atoms with E-state index >= 15 is 0 Å². The molecule has 0 aliphatic carbocycles. The van der Waals surface area contributed by atoms with Crippen molar-refractivity contribution in [3.05, 3.63) is 66.2 Å². The number of nitrogens with two attached hydrogens (primary N) is 1. The molecular formula is C15H12N4. The number of benzene rings is 2. The first-order valence-corrected chi connectivity index (χ1v) is 5.95. The van der Waals surface area contributed by atoms with E-state index in [1.54, 1.807) is 0 Å². The molecule has 0 amide bonds. The minimum Gasteiger partial charge on any atom is -0.380 e. The highest BCUT2D eigenvalue weighted by Crippen LogP contribution is 2.14. The summed E-state index contributed by atoms with van der Waals surface area (Å²) in [7, 11) is 0. The van der Waals surface area contributed by atoms with E-state index in [0.717, 1.165) is 11.3 Å². The van der Waals surface area contributed by atoms with E-state index in [-0.39, 0.29) is 0 Å². The van der Waals surface area contributed by atoms with E-state index < -0.39 is 0 Å². The van der Waals surface area contributed by atoms with Crippen LogP contribution < -0.4 is 5.73 Å². The number of hydrogen-bond donors (Lipinski definition) is 1. The van der Waals surface area contributed by atoms with Crippen molar-refractivity contribution in [2.75, 3.05) is 0 Å². The molecule has 92 valence electrons. The van der Waals surface area contributed by atoms with E-state index in [0.29, 0.717) is 17.5 Å². The molecule has 0 saturated carbocycles. The summed E-state index contributed by atoms with van der Waals surface area (Å²) in [5, 5.41) is 0. The number of aliphatic imine (C=N–C) groups is 3. The van der Waals surface area contributed by atoms with Crippen LogP contribution >= 0.6 is 0 Å². The van der Waals surface area contributed by atoms with E-state index in [1.807, 2.05) is 60.7 Å². The van der Waals surface area contributed by atoms with Gasteiger partial charge in [0.15, 0.2) is 17.5 Å². The van der Waals surface area contributed by atoms with Gasteiger partial charge in [-0.1, -0.05) is 48.5 Å². The Labute approximate surface area is 111 Å². The molecule has 0 spiro atoms. The normalized spacial score (nSPS) is 16.3. The Bertz CT molecular complexity index is 670. The third-order valence-electron chi connectivity index (χ3n) is 2.69. The highest BCUT2D eigenvalue weighted by molar-refractivity contribution is 6.47. The van der Waals surface area contributed by atoms with Crippen LogP contribution in [0.25, 0.3) is 0 Å². The summed E-state index contributed by atoms with van der Waals surface area (Å²) in [5.41, 5.74) is 7.61. The van der Waals surface area contributed by atoms with Gasteiger partial charge in [0, 0.05) is 5.56 Å². The van der Waals surface area contributed by atoms with Crippen molar-refractivity contribution in [2.24, 2.45) is 20.7 Å². The summed E-state index contributed by atoms with van der Waals surface area (Å²) >= 11 is 0. The zero-order valence-electron chi connectivity index (χ0n) is 10.2. The molecule has 2 aromatic carbocycles. The average Bonchev–Trinajstić information content (AvgIpc) is 2.82. The highest BCUT2D eigenvalue weighted by Gasteiger charge is 2.16. The molecule has 0 fully saturated rings. The van der Waals surface area contributed by atoms with Gasteiger partial charge in [0.1, 0.15) is 0 Å². The number of amidine groups is 3. The van der Waals surface area contributed by atoms with Crippen LogP contribution in [-0.4, -0.2) is 17.5 Å². The summed E-state index contributed by atoms with van der Waals surface area (Å²) in [4.78, 5) is 13.0. The number of nitrogens with zero attached hydrogens (tertiary/aromatic N) is 3. The first-order chi connectivity index (χ1) is 9.33. The fraction of sp³-hybridized carbons (Fsp3) is 0. The summed E-state index contributed by atoms with van der Waals surface area (Å²) in [5.74, 6) is 1.42. The third kappa shape index (κ3) is 2.42. The number of rotatable bonds is 2. The molecule has 2 N–H and O–H groups in total. The second kappa shape index (κ2) is 4.86. The topological polar surface area (TPSA) is 63.1 Å². The molecule has 19 heavy (non-hydrogen) atoms. The van der Waals surface area contributed by atoms with Gasteiger partial charge >= 0.3 is 0 Å². The molecular weight excluding hydrogens is 237 g/mol. The molecule has 1 aliphatic rings. The van der Waals surface area contributed by atoms with Crippen molar-refractivity contribution in [1.82, 2.24) is 0 Å². The van der Waals surface area contributed by atoms with Crippen LogP contribution in [0.4, 0.5) is 5.69 Å². The Morgan fingerprint density at radius 1 is 0.789 bits per heavy atom. The van der Waals surface area contributed by atoms with Gasteiger partial charge in [-0.2, -0.15) is 0 Å². The predicted molar refractivity (Wildman–Crippen MR) is 78.1 cm³/mol. The Hall–Kier alpha value is -2.75. The van der Waals surface area contributed by atoms with Crippen LogP contribution in [0.15, 0.2) is 75.6 Å². The van der Waals surface area contributed by atoms with Gasteiger partial charge in [0.25, 0.3) is 0 Å². The second-order valence-corrected chi connectivity index (χ2v) is 4.07. The predicted octanol–water partition coefficient (Wildman–Crippen LogP) is 2.53. The maximum absolute atomic E-state index is 5.86. The van der Waals surface area contributed by atoms with Gasteiger partial charge in [-0.05, 0) is 12.1 Å². The molecule has 0 aromatic heterocycles. The lowest BCUT2D eigenvalue weighted by Gasteiger charge is -1.95. The van der Waals surface area contributed by atoms with Crippen LogP contribution in [-0.2, 0) is 0 Å². The van der Waals surface area contributed by atoms with Crippen molar-refractivity contribution in [3.63, 3.8) is 0 Å². The lowest BCUT2D eigenvalue weighted by molar-refractivity contribution is 1.49. The van der Waals surface area contributed by atoms with Gasteiger partial charge in [-0.3, -0.25) is 0 Å². The fourth-order valence-corrected chi connectivity index (χ4v) is 1.77. The van der Waals surface area contributed by atoms with Gasteiger partial charge < -0.3 is 5.73 Å². The SMILES string of the molecule is NC1=NC(c2ccccc2)=NC1=[15N]c1ccccc1. The van der Waals surface area contributed by atoms with Crippen molar-refractivity contribution >= 4 is 23.2 Å². The molecule has 0 unspecified atom stereocenters. The van der Waals surface area contributed by atoms with Gasteiger partial charge in [-0.25, -0.2) is 15.0 Å². The summed E-state index contributed by atoms with van der Waals surface area (Å²) in [6, 6.07) is 19.3. The minimum absolute atomic E-state index is 0.350. The number of hydrogen-bond acceptors (Lipinski definition) is 3. The fourth-order valence-electron chi connectivity index (χ4n) is 1.77. The van der Waals surface area contributed by atoms with Crippen LogP contribution in [0, 0.1) is 0 Å². The largest absolute Gasteiger partial charge is 0.380 e. The Morgan fingerprint density at radius 2 is 1.42 bits per heavy atom. The van der Waals surface area contributed by atoms with E-state index in [2.05, 4.69) is 15.0 Å². The summed E-state index contributed by atoms with van der Waals surface area (Å²) in [6.45, 7) is 0. The Balaban J connectivity index is 1.96. The lowest BCUT2D eigenvalue weighted by atomic mass is 10.2. The molecule has 0 radical (unpaired) electrons. The summed E-state index contributed by atoms with van der Waals surface area (Å²) < 4.78 is 0. The molecule has 4 nitrogen and oxygen atoms in total. The van der Waals surface area contributed by atoms with Gasteiger partial charge in [0.05, 0.1) is 5.69 Å². The smallest absolute Gasteiger partial charge is 0.197 e. The molecule has 0 atom stereocenters. The molecule has 1 aliphatic heterocycles. The van der Waals surface area contributed by atoms with E-state index in [1.165, 1.54) is 0 Å². The van der Waals surface area contributed by atoms with E-state index in [9.17, 15) is 0 Å². The minimum atomic E-state index is 0.350.